The standard InChI is InChI=1S/C12H16N2O6S/c1-9(4-2-7-12(15)16)13-21(19,20)11-6-3-5-10(8-11)14(17)18/h3,5-6,8-9,13H,2,4,7H2,1H3,(H,15,16). The molecule has 0 aromatic heterocycles. The Morgan fingerprint density at radius 3 is 2.71 bits per heavy atom. The van der Waals surface area contributed by atoms with Crippen LogP contribution in [0.3, 0.4) is 0 Å². The minimum absolute atomic E-state index is 0.0388. The zero-order chi connectivity index (χ0) is 16.0. The summed E-state index contributed by atoms with van der Waals surface area (Å²) in [5.41, 5.74) is -0.309. The van der Waals surface area contributed by atoms with Gasteiger partial charge < -0.3 is 5.11 Å². The minimum Gasteiger partial charge on any atom is -0.481 e. The summed E-state index contributed by atoms with van der Waals surface area (Å²) in [6, 6.07) is 4.27. The van der Waals surface area contributed by atoms with Gasteiger partial charge in [0.2, 0.25) is 10.0 Å². The molecular formula is C12H16N2O6S. The first-order chi connectivity index (χ1) is 9.72. The molecule has 8 nitrogen and oxygen atoms in total. The minimum atomic E-state index is -3.87. The molecule has 2 N–H and O–H groups in total. The fourth-order valence-electron chi connectivity index (χ4n) is 1.72. The third-order valence-corrected chi connectivity index (χ3v) is 4.31. The van der Waals surface area contributed by atoms with Crippen molar-refractivity contribution in [3.63, 3.8) is 0 Å². The number of aliphatic carboxylic acids is 1. The molecule has 21 heavy (non-hydrogen) atoms. The van der Waals surface area contributed by atoms with Gasteiger partial charge in [0.15, 0.2) is 0 Å². The van der Waals surface area contributed by atoms with Crippen molar-refractivity contribution in [2.24, 2.45) is 0 Å². The number of nitro benzene ring substituents is 1. The molecule has 0 radical (unpaired) electrons. The second kappa shape index (κ2) is 7.14. The van der Waals surface area contributed by atoms with Gasteiger partial charge in [-0.15, -0.1) is 0 Å². The third-order valence-electron chi connectivity index (χ3n) is 2.72. The van der Waals surface area contributed by atoms with Crippen LogP contribution >= 0.6 is 0 Å². The zero-order valence-electron chi connectivity index (χ0n) is 11.4. The van der Waals surface area contributed by atoms with E-state index in [1.165, 1.54) is 18.2 Å². The van der Waals surface area contributed by atoms with Crippen molar-refractivity contribution in [3.05, 3.63) is 34.4 Å². The molecule has 1 aromatic rings. The van der Waals surface area contributed by atoms with E-state index in [0.29, 0.717) is 12.8 Å². The lowest BCUT2D eigenvalue weighted by atomic mass is 10.1. The van der Waals surface area contributed by atoms with Crippen LogP contribution in [0.15, 0.2) is 29.2 Å². The first-order valence-electron chi connectivity index (χ1n) is 6.21. The second-order valence-electron chi connectivity index (χ2n) is 4.56. The highest BCUT2D eigenvalue weighted by atomic mass is 32.2. The molecule has 1 atom stereocenters. The summed E-state index contributed by atoms with van der Waals surface area (Å²) in [6.07, 6.45) is 0.664. The van der Waals surface area contributed by atoms with Crippen molar-refractivity contribution in [1.82, 2.24) is 4.72 Å². The van der Waals surface area contributed by atoms with Gasteiger partial charge in [-0.1, -0.05) is 6.07 Å². The summed E-state index contributed by atoms with van der Waals surface area (Å²) in [5, 5.41) is 19.2. The number of carboxylic acids is 1. The smallest absolute Gasteiger partial charge is 0.303 e. The molecule has 0 heterocycles. The highest BCUT2D eigenvalue weighted by molar-refractivity contribution is 7.89. The van der Waals surface area contributed by atoms with E-state index >= 15 is 0 Å². The van der Waals surface area contributed by atoms with Crippen LogP contribution in [0.4, 0.5) is 5.69 Å². The number of non-ortho nitro benzene ring substituents is 1. The molecule has 116 valence electrons. The van der Waals surface area contributed by atoms with Gasteiger partial charge in [-0.2, -0.15) is 0 Å². The number of carbonyl (C=O) groups is 1. The van der Waals surface area contributed by atoms with Crippen LogP contribution in [0.2, 0.25) is 0 Å². The molecule has 0 amide bonds. The number of hydrogen-bond donors (Lipinski definition) is 2. The molecule has 0 spiro atoms. The van der Waals surface area contributed by atoms with E-state index in [9.17, 15) is 23.3 Å². The Hall–Kier alpha value is -2.00. The first kappa shape index (κ1) is 17.1. The average Bonchev–Trinajstić information content (AvgIpc) is 2.37. The van der Waals surface area contributed by atoms with Gasteiger partial charge in [-0.25, -0.2) is 13.1 Å². The molecule has 1 rings (SSSR count). The number of rotatable bonds is 8. The van der Waals surface area contributed by atoms with E-state index < -0.39 is 27.0 Å². The number of carboxylic acid groups (broad SMARTS) is 1. The lowest BCUT2D eigenvalue weighted by Crippen LogP contribution is -2.32. The Morgan fingerprint density at radius 1 is 1.48 bits per heavy atom. The van der Waals surface area contributed by atoms with E-state index in [0.717, 1.165) is 6.07 Å². The Labute approximate surface area is 122 Å². The highest BCUT2D eigenvalue weighted by Gasteiger charge is 2.19. The van der Waals surface area contributed by atoms with Crippen molar-refractivity contribution in [2.45, 2.75) is 37.1 Å². The topological polar surface area (TPSA) is 127 Å². The molecule has 0 bridgehead atoms. The number of nitro groups is 1. The van der Waals surface area contributed by atoms with Crippen molar-refractivity contribution < 1.29 is 23.2 Å². The molecule has 0 aliphatic rings. The second-order valence-corrected chi connectivity index (χ2v) is 6.28. The van der Waals surface area contributed by atoms with E-state index in [1.807, 2.05) is 0 Å². The number of nitrogens with zero attached hydrogens (tertiary/aromatic N) is 1. The van der Waals surface area contributed by atoms with Gasteiger partial charge >= 0.3 is 5.97 Å². The first-order valence-corrected chi connectivity index (χ1v) is 7.69. The zero-order valence-corrected chi connectivity index (χ0v) is 12.2. The summed E-state index contributed by atoms with van der Waals surface area (Å²) in [6.45, 7) is 1.61. The molecule has 0 fully saturated rings. The van der Waals surface area contributed by atoms with Crippen LogP contribution in [0.1, 0.15) is 26.2 Å². The van der Waals surface area contributed by atoms with Gasteiger partial charge in [-0.3, -0.25) is 14.9 Å². The predicted octanol–water partition coefficient (Wildman–Crippen LogP) is 1.52. The Bertz CT molecular complexity index is 628. The molecule has 0 aliphatic carbocycles. The van der Waals surface area contributed by atoms with Crippen molar-refractivity contribution >= 4 is 21.7 Å². The SMILES string of the molecule is CC(CCCC(=O)O)NS(=O)(=O)c1cccc([N+](=O)[O-])c1. The van der Waals surface area contributed by atoms with Gasteiger partial charge in [-0.05, 0) is 25.8 Å². The number of sulfonamides is 1. The molecular weight excluding hydrogens is 300 g/mol. The summed E-state index contributed by atoms with van der Waals surface area (Å²) in [4.78, 5) is 20.2. The highest BCUT2D eigenvalue weighted by Crippen LogP contribution is 2.17. The van der Waals surface area contributed by atoms with Crippen LogP contribution in [0, 0.1) is 10.1 Å². The fourth-order valence-corrected chi connectivity index (χ4v) is 3.03. The molecule has 0 saturated carbocycles. The van der Waals surface area contributed by atoms with Crippen LogP contribution < -0.4 is 4.72 Å². The molecule has 0 saturated heterocycles. The Morgan fingerprint density at radius 2 is 2.14 bits per heavy atom. The van der Waals surface area contributed by atoms with E-state index in [1.54, 1.807) is 6.92 Å². The van der Waals surface area contributed by atoms with Crippen molar-refractivity contribution in [1.29, 1.82) is 0 Å². The van der Waals surface area contributed by atoms with Crippen LogP contribution in [-0.4, -0.2) is 30.5 Å². The van der Waals surface area contributed by atoms with Gasteiger partial charge in [0.1, 0.15) is 0 Å². The van der Waals surface area contributed by atoms with Crippen LogP contribution in [-0.2, 0) is 14.8 Å². The van der Waals surface area contributed by atoms with Crippen LogP contribution in [0.25, 0.3) is 0 Å². The predicted molar refractivity (Wildman–Crippen MR) is 74.4 cm³/mol. The van der Waals surface area contributed by atoms with E-state index in [-0.39, 0.29) is 17.0 Å². The quantitative estimate of drug-likeness (QED) is 0.553. The largest absolute Gasteiger partial charge is 0.481 e. The van der Waals surface area contributed by atoms with Gasteiger partial charge in [0.25, 0.3) is 5.69 Å². The van der Waals surface area contributed by atoms with Gasteiger partial charge in [0.05, 0.1) is 9.82 Å². The molecule has 9 heteroatoms. The maximum Gasteiger partial charge on any atom is 0.303 e. The Kier molecular flexibility index (Phi) is 5.79. The van der Waals surface area contributed by atoms with Crippen LogP contribution in [0.5, 0.6) is 0 Å². The molecule has 1 aromatic carbocycles. The van der Waals surface area contributed by atoms with Gasteiger partial charge in [0, 0.05) is 24.6 Å². The summed E-state index contributed by atoms with van der Waals surface area (Å²) in [7, 11) is -3.87. The third kappa shape index (κ3) is 5.48. The summed E-state index contributed by atoms with van der Waals surface area (Å²) in [5.74, 6) is -0.941. The lowest BCUT2D eigenvalue weighted by Gasteiger charge is -2.13. The van der Waals surface area contributed by atoms with Crippen molar-refractivity contribution in [3.8, 4) is 0 Å². The van der Waals surface area contributed by atoms with E-state index in [4.69, 9.17) is 5.11 Å². The monoisotopic (exact) mass is 316 g/mol. The maximum absolute atomic E-state index is 12.1. The summed E-state index contributed by atoms with van der Waals surface area (Å²) < 4.78 is 26.5. The Balaban J connectivity index is 2.75. The molecule has 1 unspecified atom stereocenters. The fraction of sp³-hybridized carbons (Fsp3) is 0.417. The van der Waals surface area contributed by atoms with E-state index in [2.05, 4.69) is 4.72 Å². The summed E-state index contributed by atoms with van der Waals surface area (Å²) >= 11 is 0. The normalized spacial score (nSPS) is 12.8. The number of benzene rings is 1. The average molecular weight is 316 g/mol. The number of hydrogen-bond acceptors (Lipinski definition) is 5. The lowest BCUT2D eigenvalue weighted by molar-refractivity contribution is -0.385. The van der Waals surface area contributed by atoms with Crippen molar-refractivity contribution in [2.75, 3.05) is 0 Å². The maximum atomic E-state index is 12.1. The number of nitrogens with one attached hydrogen (secondary N) is 1. The molecule has 0 aliphatic heterocycles.